The zero-order valence-corrected chi connectivity index (χ0v) is 11.8. The topological polar surface area (TPSA) is 24.5 Å². The van der Waals surface area contributed by atoms with E-state index >= 15 is 0 Å². The van der Waals surface area contributed by atoms with E-state index in [-0.39, 0.29) is 0 Å². The largest absolute Gasteiger partial charge is 0.383 e. The minimum absolute atomic E-state index is 0.583. The maximum atomic E-state index is 5.13. The molecule has 0 saturated carbocycles. The first-order valence-electron chi connectivity index (χ1n) is 6.62. The zero-order valence-electron chi connectivity index (χ0n) is 11.8. The lowest BCUT2D eigenvalue weighted by molar-refractivity contribution is 0.127. The minimum atomic E-state index is 0.583. The van der Waals surface area contributed by atoms with E-state index in [1.165, 1.54) is 12.8 Å². The van der Waals surface area contributed by atoms with Crippen LogP contribution in [0.4, 0.5) is 0 Å². The Labute approximate surface area is 102 Å². The van der Waals surface area contributed by atoms with Crippen LogP contribution in [0.5, 0.6) is 0 Å². The molecule has 0 aromatic carbocycles. The second-order valence-electron chi connectivity index (χ2n) is 4.57. The van der Waals surface area contributed by atoms with Gasteiger partial charge in [-0.15, -0.1) is 0 Å². The molecule has 0 aliphatic heterocycles. The Morgan fingerprint density at radius 2 is 1.94 bits per heavy atom. The van der Waals surface area contributed by atoms with Crippen molar-refractivity contribution in [1.82, 2.24) is 10.2 Å². The van der Waals surface area contributed by atoms with Crippen LogP contribution in [0.2, 0.25) is 0 Å². The van der Waals surface area contributed by atoms with Crippen molar-refractivity contribution in [2.24, 2.45) is 0 Å². The molecule has 0 rings (SSSR count). The monoisotopic (exact) mass is 230 g/mol. The second kappa shape index (κ2) is 10.1. The molecule has 3 nitrogen and oxygen atoms in total. The van der Waals surface area contributed by atoms with Gasteiger partial charge in [-0.3, -0.25) is 4.90 Å². The molecule has 0 amide bonds. The van der Waals surface area contributed by atoms with Crippen molar-refractivity contribution in [2.75, 3.05) is 33.4 Å². The predicted molar refractivity (Wildman–Crippen MR) is 71.0 cm³/mol. The molecular formula is C13H30N2O. The summed E-state index contributed by atoms with van der Waals surface area (Å²) in [7, 11) is 1.76. The Bertz CT molecular complexity index is 153. The van der Waals surface area contributed by atoms with Crippen LogP contribution in [0.15, 0.2) is 0 Å². The van der Waals surface area contributed by atoms with E-state index < -0.39 is 0 Å². The molecule has 0 aliphatic carbocycles. The van der Waals surface area contributed by atoms with Gasteiger partial charge in [-0.25, -0.2) is 0 Å². The average molecular weight is 230 g/mol. The molecule has 0 aliphatic rings. The number of hydrogen-bond acceptors (Lipinski definition) is 3. The number of methoxy groups -OCH3 is 1. The highest BCUT2D eigenvalue weighted by Crippen LogP contribution is 2.00. The Balaban J connectivity index is 3.77. The van der Waals surface area contributed by atoms with Crippen molar-refractivity contribution in [3.8, 4) is 0 Å². The fourth-order valence-corrected chi connectivity index (χ4v) is 1.93. The Hall–Kier alpha value is -0.120. The van der Waals surface area contributed by atoms with Crippen molar-refractivity contribution in [2.45, 2.75) is 52.6 Å². The Kier molecular flexibility index (Phi) is 9.99. The number of nitrogens with zero attached hydrogens (tertiary/aromatic N) is 1. The third-order valence-corrected chi connectivity index (χ3v) is 3.10. The molecule has 2 atom stereocenters. The first-order chi connectivity index (χ1) is 7.65. The molecule has 0 saturated heterocycles. The zero-order chi connectivity index (χ0) is 12.4. The third-order valence-electron chi connectivity index (χ3n) is 3.10. The molecule has 1 N–H and O–H groups in total. The van der Waals surface area contributed by atoms with Crippen molar-refractivity contribution in [3.05, 3.63) is 0 Å². The van der Waals surface area contributed by atoms with Crippen molar-refractivity contribution >= 4 is 0 Å². The molecule has 98 valence electrons. The van der Waals surface area contributed by atoms with E-state index in [1.54, 1.807) is 7.11 Å². The van der Waals surface area contributed by atoms with E-state index in [9.17, 15) is 0 Å². The van der Waals surface area contributed by atoms with E-state index in [1.807, 2.05) is 0 Å². The van der Waals surface area contributed by atoms with Crippen molar-refractivity contribution in [3.63, 3.8) is 0 Å². The van der Waals surface area contributed by atoms with Gasteiger partial charge in [0, 0.05) is 32.3 Å². The summed E-state index contributed by atoms with van der Waals surface area (Å²) in [6.07, 6.45) is 2.51. The summed E-state index contributed by atoms with van der Waals surface area (Å²) in [4.78, 5) is 2.45. The summed E-state index contributed by atoms with van der Waals surface area (Å²) in [6, 6.07) is 1.22. The fraction of sp³-hybridized carbons (Fsp3) is 1.00. The SMILES string of the molecule is CCCC(C)NCC(C)N(CC)CCOC. The molecule has 0 spiro atoms. The summed E-state index contributed by atoms with van der Waals surface area (Å²) in [5.74, 6) is 0. The fourth-order valence-electron chi connectivity index (χ4n) is 1.93. The third kappa shape index (κ3) is 7.20. The summed E-state index contributed by atoms with van der Waals surface area (Å²) in [5.41, 5.74) is 0. The number of rotatable bonds is 10. The van der Waals surface area contributed by atoms with E-state index in [4.69, 9.17) is 4.74 Å². The summed E-state index contributed by atoms with van der Waals surface area (Å²) >= 11 is 0. The van der Waals surface area contributed by atoms with E-state index in [0.717, 1.165) is 26.2 Å². The average Bonchev–Trinajstić information content (AvgIpc) is 2.28. The standard InChI is InChI=1S/C13H30N2O/c1-6-8-12(3)14-11-13(4)15(7-2)9-10-16-5/h12-14H,6-11H2,1-5H3. The maximum Gasteiger partial charge on any atom is 0.0589 e. The van der Waals surface area contributed by atoms with Crippen LogP contribution >= 0.6 is 0 Å². The first-order valence-corrected chi connectivity index (χ1v) is 6.62. The number of hydrogen-bond donors (Lipinski definition) is 1. The molecule has 0 aromatic rings. The first kappa shape index (κ1) is 15.9. The van der Waals surface area contributed by atoms with Gasteiger partial charge < -0.3 is 10.1 Å². The van der Waals surface area contributed by atoms with Gasteiger partial charge in [0.1, 0.15) is 0 Å². The van der Waals surface area contributed by atoms with Crippen LogP contribution in [0.1, 0.15) is 40.5 Å². The quantitative estimate of drug-likeness (QED) is 0.622. The lowest BCUT2D eigenvalue weighted by atomic mass is 10.2. The number of ether oxygens (including phenoxy) is 1. The molecule has 0 radical (unpaired) electrons. The minimum Gasteiger partial charge on any atom is -0.383 e. The summed E-state index contributed by atoms with van der Waals surface area (Å²) < 4.78 is 5.13. The Morgan fingerprint density at radius 1 is 1.25 bits per heavy atom. The highest BCUT2D eigenvalue weighted by atomic mass is 16.5. The Morgan fingerprint density at radius 3 is 2.44 bits per heavy atom. The smallest absolute Gasteiger partial charge is 0.0589 e. The summed E-state index contributed by atoms with van der Waals surface area (Å²) in [5, 5.41) is 3.59. The molecule has 0 fully saturated rings. The van der Waals surface area contributed by atoms with Crippen LogP contribution in [0.3, 0.4) is 0 Å². The van der Waals surface area contributed by atoms with Gasteiger partial charge in [-0.1, -0.05) is 20.3 Å². The van der Waals surface area contributed by atoms with Gasteiger partial charge in [0.25, 0.3) is 0 Å². The molecule has 2 unspecified atom stereocenters. The molecule has 0 bridgehead atoms. The van der Waals surface area contributed by atoms with Crippen LogP contribution in [0.25, 0.3) is 0 Å². The van der Waals surface area contributed by atoms with Crippen molar-refractivity contribution in [1.29, 1.82) is 0 Å². The second-order valence-corrected chi connectivity index (χ2v) is 4.57. The lowest BCUT2D eigenvalue weighted by Gasteiger charge is -2.28. The van der Waals surface area contributed by atoms with E-state index in [2.05, 4.69) is 37.9 Å². The molecule has 16 heavy (non-hydrogen) atoms. The number of nitrogens with one attached hydrogen (secondary N) is 1. The predicted octanol–water partition coefficient (Wildman–Crippen LogP) is 2.12. The highest BCUT2D eigenvalue weighted by molar-refractivity contribution is 4.71. The van der Waals surface area contributed by atoms with Crippen LogP contribution in [0, 0.1) is 0 Å². The van der Waals surface area contributed by atoms with Gasteiger partial charge in [0.05, 0.1) is 6.61 Å². The lowest BCUT2D eigenvalue weighted by Crippen LogP contribution is -2.44. The van der Waals surface area contributed by atoms with Crippen LogP contribution in [-0.4, -0.2) is 50.3 Å². The highest BCUT2D eigenvalue weighted by Gasteiger charge is 2.12. The van der Waals surface area contributed by atoms with Gasteiger partial charge in [0.2, 0.25) is 0 Å². The van der Waals surface area contributed by atoms with Gasteiger partial charge >= 0.3 is 0 Å². The normalized spacial score (nSPS) is 15.4. The van der Waals surface area contributed by atoms with Crippen LogP contribution in [-0.2, 0) is 4.74 Å². The van der Waals surface area contributed by atoms with Crippen molar-refractivity contribution < 1.29 is 4.74 Å². The maximum absolute atomic E-state index is 5.13. The molecule has 0 heterocycles. The van der Waals surface area contributed by atoms with Gasteiger partial charge in [-0.05, 0) is 26.8 Å². The van der Waals surface area contributed by atoms with Gasteiger partial charge in [-0.2, -0.15) is 0 Å². The van der Waals surface area contributed by atoms with Crippen LogP contribution < -0.4 is 5.32 Å². The number of likely N-dealkylation sites (N-methyl/N-ethyl adjacent to an activating group) is 1. The van der Waals surface area contributed by atoms with Gasteiger partial charge in [0.15, 0.2) is 0 Å². The summed E-state index contributed by atoms with van der Waals surface area (Å²) in [6.45, 7) is 13.0. The molecule has 3 heteroatoms. The van der Waals surface area contributed by atoms with E-state index in [0.29, 0.717) is 12.1 Å². The molecular weight excluding hydrogens is 200 g/mol. The molecule has 0 aromatic heterocycles.